The second-order valence-electron chi connectivity index (χ2n) is 1.67. The van der Waals surface area contributed by atoms with Crippen LogP contribution in [0.3, 0.4) is 0 Å². The van der Waals surface area contributed by atoms with E-state index < -0.39 is 0 Å². The summed E-state index contributed by atoms with van der Waals surface area (Å²) in [6.45, 7) is 2.45. The van der Waals surface area contributed by atoms with Crippen LogP contribution in [-0.4, -0.2) is 4.98 Å². The Hall–Kier alpha value is -0.120. The highest BCUT2D eigenvalue weighted by atomic mass is 35.5. The van der Waals surface area contributed by atoms with Gasteiger partial charge in [-0.05, 0) is 6.92 Å². The van der Waals surface area contributed by atoms with E-state index in [2.05, 4.69) is 4.98 Å². The largest absolute Gasteiger partial charge is 0.325 e. The van der Waals surface area contributed by atoms with E-state index in [0.29, 0.717) is 11.0 Å². The Morgan fingerprint density at radius 1 is 1.78 bits per heavy atom. The highest BCUT2D eigenvalue weighted by Crippen LogP contribution is 2.20. The van der Waals surface area contributed by atoms with Gasteiger partial charge in [0.25, 0.3) is 0 Å². The molecule has 0 aliphatic heterocycles. The average Bonchev–Trinajstić information content (AvgIpc) is 2.10. The van der Waals surface area contributed by atoms with Gasteiger partial charge in [0.2, 0.25) is 0 Å². The monoisotopic (exact) mass is 162 g/mol. The second kappa shape index (κ2) is 2.64. The number of aromatic nitrogens is 1. The summed E-state index contributed by atoms with van der Waals surface area (Å²) in [5.41, 5.74) is 6.26. The maximum Gasteiger partial charge on any atom is 0.184 e. The van der Waals surface area contributed by atoms with Gasteiger partial charge in [-0.25, -0.2) is 4.98 Å². The molecule has 0 radical (unpaired) electrons. The molecule has 0 unspecified atom stereocenters. The fourth-order valence-electron chi connectivity index (χ4n) is 0.582. The molecule has 4 heteroatoms. The van der Waals surface area contributed by atoms with E-state index in [-0.39, 0.29) is 0 Å². The Balaban J connectivity index is 3.01. The molecular formula is C5H7ClN2S. The van der Waals surface area contributed by atoms with Gasteiger partial charge in [0.1, 0.15) is 0 Å². The van der Waals surface area contributed by atoms with Gasteiger partial charge in [-0.2, -0.15) is 0 Å². The first-order chi connectivity index (χ1) is 4.24. The number of rotatable bonds is 1. The SMILES string of the molecule is Cc1sc(Cl)nc1CN. The summed E-state index contributed by atoms with van der Waals surface area (Å²) in [7, 11) is 0. The van der Waals surface area contributed by atoms with Gasteiger partial charge in [-0.1, -0.05) is 11.6 Å². The Labute approximate surface area is 62.7 Å². The Bertz CT molecular complexity index is 209. The Morgan fingerprint density at radius 2 is 2.44 bits per heavy atom. The zero-order valence-electron chi connectivity index (χ0n) is 5.02. The molecule has 0 aromatic carbocycles. The van der Waals surface area contributed by atoms with Crippen molar-refractivity contribution in [2.24, 2.45) is 5.73 Å². The molecule has 2 N–H and O–H groups in total. The lowest BCUT2D eigenvalue weighted by Crippen LogP contribution is -1.97. The minimum absolute atomic E-state index is 0.481. The van der Waals surface area contributed by atoms with Gasteiger partial charge in [0, 0.05) is 11.4 Å². The van der Waals surface area contributed by atoms with Crippen molar-refractivity contribution < 1.29 is 0 Å². The van der Waals surface area contributed by atoms with Crippen molar-refractivity contribution in [3.05, 3.63) is 15.0 Å². The standard InChI is InChI=1S/C5H7ClN2S/c1-3-4(2-7)8-5(6)9-3/h2,7H2,1H3. The van der Waals surface area contributed by atoms with Crippen LogP contribution in [0.2, 0.25) is 4.47 Å². The summed E-state index contributed by atoms with van der Waals surface area (Å²) in [6.07, 6.45) is 0. The maximum atomic E-state index is 5.60. The molecule has 1 aromatic rings. The maximum absolute atomic E-state index is 5.60. The van der Waals surface area contributed by atoms with Crippen molar-refractivity contribution in [1.82, 2.24) is 4.98 Å². The molecule has 0 atom stereocenters. The number of thiazole rings is 1. The van der Waals surface area contributed by atoms with E-state index in [0.717, 1.165) is 10.6 Å². The molecule has 50 valence electrons. The van der Waals surface area contributed by atoms with E-state index in [1.54, 1.807) is 0 Å². The van der Waals surface area contributed by atoms with Crippen LogP contribution in [0, 0.1) is 6.92 Å². The van der Waals surface area contributed by atoms with Crippen LogP contribution in [0.15, 0.2) is 0 Å². The van der Waals surface area contributed by atoms with E-state index in [4.69, 9.17) is 17.3 Å². The number of nitrogens with two attached hydrogens (primary N) is 1. The number of aryl methyl sites for hydroxylation is 1. The summed E-state index contributed by atoms with van der Waals surface area (Å²) >= 11 is 7.06. The van der Waals surface area contributed by atoms with E-state index in [9.17, 15) is 0 Å². The van der Waals surface area contributed by atoms with E-state index in [1.807, 2.05) is 6.92 Å². The van der Waals surface area contributed by atoms with Gasteiger partial charge < -0.3 is 5.73 Å². The minimum Gasteiger partial charge on any atom is -0.325 e. The summed E-state index contributed by atoms with van der Waals surface area (Å²) in [5.74, 6) is 0. The lowest BCUT2D eigenvalue weighted by Gasteiger charge is -1.86. The van der Waals surface area contributed by atoms with Gasteiger partial charge in [0.05, 0.1) is 5.69 Å². The lowest BCUT2D eigenvalue weighted by molar-refractivity contribution is 0.997. The topological polar surface area (TPSA) is 38.9 Å². The summed E-state index contributed by atoms with van der Waals surface area (Å²) in [4.78, 5) is 5.10. The van der Waals surface area contributed by atoms with Crippen LogP contribution >= 0.6 is 22.9 Å². The first-order valence-electron chi connectivity index (χ1n) is 2.56. The number of nitrogens with zero attached hydrogens (tertiary/aromatic N) is 1. The minimum atomic E-state index is 0.481. The van der Waals surface area contributed by atoms with Crippen LogP contribution in [0.4, 0.5) is 0 Å². The molecule has 1 aromatic heterocycles. The molecule has 2 nitrogen and oxygen atoms in total. The Morgan fingerprint density at radius 3 is 2.67 bits per heavy atom. The molecule has 0 bridgehead atoms. The number of hydrogen-bond donors (Lipinski definition) is 1. The van der Waals surface area contributed by atoms with Crippen molar-refractivity contribution >= 4 is 22.9 Å². The van der Waals surface area contributed by atoms with E-state index >= 15 is 0 Å². The summed E-state index contributed by atoms with van der Waals surface area (Å²) in [5, 5.41) is 0. The zero-order chi connectivity index (χ0) is 6.85. The zero-order valence-corrected chi connectivity index (χ0v) is 6.59. The second-order valence-corrected chi connectivity index (χ2v) is 3.46. The lowest BCUT2D eigenvalue weighted by atomic mass is 10.4. The van der Waals surface area contributed by atoms with Gasteiger partial charge in [0.15, 0.2) is 4.47 Å². The smallest absolute Gasteiger partial charge is 0.184 e. The normalized spacial score (nSPS) is 10.1. The highest BCUT2D eigenvalue weighted by molar-refractivity contribution is 7.15. The Kier molecular flexibility index (Phi) is 2.05. The third-order valence-electron chi connectivity index (χ3n) is 1.06. The summed E-state index contributed by atoms with van der Waals surface area (Å²) in [6, 6.07) is 0. The van der Waals surface area contributed by atoms with Crippen LogP contribution in [-0.2, 0) is 6.54 Å². The molecule has 0 aliphatic carbocycles. The van der Waals surface area contributed by atoms with Crippen molar-refractivity contribution in [1.29, 1.82) is 0 Å². The van der Waals surface area contributed by atoms with Gasteiger partial charge in [-0.3, -0.25) is 0 Å². The molecule has 0 spiro atoms. The van der Waals surface area contributed by atoms with Crippen LogP contribution in [0.5, 0.6) is 0 Å². The molecule has 0 saturated carbocycles. The number of halogens is 1. The molecule has 9 heavy (non-hydrogen) atoms. The molecule has 0 fully saturated rings. The first kappa shape index (κ1) is 6.99. The third kappa shape index (κ3) is 1.41. The third-order valence-corrected chi connectivity index (χ3v) is 2.18. The van der Waals surface area contributed by atoms with Crippen LogP contribution in [0.25, 0.3) is 0 Å². The summed E-state index contributed by atoms with van der Waals surface area (Å²) < 4.78 is 0.577. The van der Waals surface area contributed by atoms with Crippen molar-refractivity contribution in [2.45, 2.75) is 13.5 Å². The highest BCUT2D eigenvalue weighted by Gasteiger charge is 2.01. The van der Waals surface area contributed by atoms with Gasteiger partial charge in [-0.15, -0.1) is 11.3 Å². The fourth-order valence-corrected chi connectivity index (χ4v) is 1.69. The van der Waals surface area contributed by atoms with Crippen molar-refractivity contribution in [2.75, 3.05) is 0 Å². The molecule has 0 amide bonds. The molecule has 0 saturated heterocycles. The number of hydrogen-bond acceptors (Lipinski definition) is 3. The molecule has 1 heterocycles. The first-order valence-corrected chi connectivity index (χ1v) is 3.75. The predicted molar refractivity (Wildman–Crippen MR) is 39.8 cm³/mol. The predicted octanol–water partition coefficient (Wildman–Crippen LogP) is 1.56. The van der Waals surface area contributed by atoms with Crippen LogP contribution < -0.4 is 5.73 Å². The van der Waals surface area contributed by atoms with Crippen molar-refractivity contribution in [3.63, 3.8) is 0 Å². The quantitative estimate of drug-likeness (QED) is 0.681. The van der Waals surface area contributed by atoms with Crippen LogP contribution in [0.1, 0.15) is 10.6 Å². The average molecular weight is 163 g/mol. The molecular weight excluding hydrogens is 156 g/mol. The fraction of sp³-hybridized carbons (Fsp3) is 0.400. The van der Waals surface area contributed by atoms with Gasteiger partial charge >= 0.3 is 0 Å². The van der Waals surface area contributed by atoms with Crippen molar-refractivity contribution in [3.8, 4) is 0 Å². The molecule has 0 aliphatic rings. The van der Waals surface area contributed by atoms with E-state index in [1.165, 1.54) is 11.3 Å². The molecule has 1 rings (SSSR count).